The Kier molecular flexibility index (Phi) is 4.96. The van der Waals surface area contributed by atoms with Gasteiger partial charge in [-0.2, -0.15) is 5.10 Å². The van der Waals surface area contributed by atoms with Crippen molar-refractivity contribution in [1.82, 2.24) is 14.7 Å². The van der Waals surface area contributed by atoms with Gasteiger partial charge in [0.25, 0.3) is 5.91 Å². The second-order valence-electron chi connectivity index (χ2n) is 9.49. The molecule has 4 rings (SSSR count). The van der Waals surface area contributed by atoms with Gasteiger partial charge in [-0.25, -0.2) is 4.68 Å². The van der Waals surface area contributed by atoms with Crippen molar-refractivity contribution in [3.8, 4) is 16.9 Å². The van der Waals surface area contributed by atoms with E-state index in [-0.39, 0.29) is 11.3 Å². The summed E-state index contributed by atoms with van der Waals surface area (Å²) in [5.74, 6) is -0.483. The molecule has 0 radical (unpaired) electrons. The average Bonchev–Trinajstić information content (AvgIpc) is 3.17. The van der Waals surface area contributed by atoms with Gasteiger partial charge in [-0.15, -0.1) is 0 Å². The Hall–Kier alpha value is -3.41. The number of carbonyl (C=O) groups excluding carboxylic acids is 2. The van der Waals surface area contributed by atoms with Crippen molar-refractivity contribution in [2.24, 2.45) is 11.1 Å². The van der Waals surface area contributed by atoms with Gasteiger partial charge in [0.15, 0.2) is 0 Å². The first-order valence-electron chi connectivity index (χ1n) is 10.4. The lowest BCUT2D eigenvalue weighted by Crippen LogP contribution is -2.33. The minimum Gasteiger partial charge on any atom is -0.366 e. The summed E-state index contributed by atoms with van der Waals surface area (Å²) in [6, 6.07) is 13.2. The number of hydrogen-bond acceptors (Lipinski definition) is 3. The van der Waals surface area contributed by atoms with Crippen LogP contribution in [0.3, 0.4) is 0 Å². The normalized spacial score (nSPS) is 13.6. The molecule has 2 N–H and O–H groups in total. The third-order valence-corrected chi connectivity index (χ3v) is 5.56. The minimum absolute atomic E-state index is 0.00334. The fraction of sp³-hybridized carbons (Fsp3) is 0.320. The molecule has 1 aliphatic rings. The molecule has 160 valence electrons. The molecule has 0 aliphatic carbocycles. The average molecular weight is 417 g/mol. The zero-order chi connectivity index (χ0) is 22.5. The molecule has 3 aromatic rings. The second-order valence-corrected chi connectivity index (χ2v) is 9.49. The van der Waals surface area contributed by atoms with Crippen LogP contribution in [0.25, 0.3) is 16.9 Å². The summed E-state index contributed by atoms with van der Waals surface area (Å²) in [6.45, 7) is 11.6. The Labute approximate surface area is 182 Å². The van der Waals surface area contributed by atoms with Crippen LogP contribution >= 0.6 is 0 Å². The van der Waals surface area contributed by atoms with Gasteiger partial charge in [-0.1, -0.05) is 51.1 Å². The standard InChI is InChI=1S/C25H28N4O2/c1-15-7-6-8-16(2)21(15)29-22(17-9-11-18(12-10-17)23(26)30)20-19(27-29)13-28(24(20)31)14-25(3,4)5/h6-12H,13-14H2,1-5H3,(H2,26,30). The van der Waals surface area contributed by atoms with Gasteiger partial charge < -0.3 is 10.6 Å². The van der Waals surface area contributed by atoms with E-state index >= 15 is 0 Å². The summed E-state index contributed by atoms with van der Waals surface area (Å²) in [4.78, 5) is 26.9. The summed E-state index contributed by atoms with van der Waals surface area (Å²) in [7, 11) is 0. The third-order valence-electron chi connectivity index (χ3n) is 5.56. The van der Waals surface area contributed by atoms with E-state index in [1.54, 1.807) is 12.1 Å². The van der Waals surface area contributed by atoms with Gasteiger partial charge in [0.1, 0.15) is 0 Å². The number of primary amides is 1. The summed E-state index contributed by atoms with van der Waals surface area (Å²) in [5.41, 5.74) is 12.0. The van der Waals surface area contributed by atoms with E-state index < -0.39 is 5.91 Å². The van der Waals surface area contributed by atoms with Crippen molar-refractivity contribution < 1.29 is 9.59 Å². The van der Waals surface area contributed by atoms with Gasteiger partial charge in [-0.3, -0.25) is 9.59 Å². The Bertz CT molecular complexity index is 1160. The maximum atomic E-state index is 13.5. The SMILES string of the molecule is Cc1cccc(C)c1-n1nc2c(c1-c1ccc(C(N)=O)cc1)C(=O)N(CC(C)(C)C)C2. The number of nitrogens with zero attached hydrogens (tertiary/aromatic N) is 3. The summed E-state index contributed by atoms with van der Waals surface area (Å²) in [5, 5.41) is 4.91. The highest BCUT2D eigenvalue weighted by Crippen LogP contribution is 2.37. The first-order valence-corrected chi connectivity index (χ1v) is 10.4. The van der Waals surface area contributed by atoms with Crippen molar-refractivity contribution >= 4 is 11.8 Å². The molecule has 0 fully saturated rings. The molecule has 0 unspecified atom stereocenters. The molecule has 0 atom stereocenters. The summed E-state index contributed by atoms with van der Waals surface area (Å²) >= 11 is 0. The van der Waals surface area contributed by atoms with Crippen LogP contribution in [-0.2, 0) is 6.54 Å². The van der Waals surface area contributed by atoms with Crippen molar-refractivity contribution in [3.63, 3.8) is 0 Å². The maximum absolute atomic E-state index is 13.5. The molecule has 6 nitrogen and oxygen atoms in total. The van der Waals surface area contributed by atoms with E-state index in [0.29, 0.717) is 24.2 Å². The number of hydrogen-bond donors (Lipinski definition) is 1. The Balaban J connectivity index is 1.91. The highest BCUT2D eigenvalue weighted by Gasteiger charge is 2.37. The number of nitrogens with two attached hydrogens (primary N) is 1. The van der Waals surface area contributed by atoms with Crippen molar-refractivity contribution in [2.75, 3.05) is 6.54 Å². The first kappa shape index (κ1) is 20.8. The predicted molar refractivity (Wildman–Crippen MR) is 121 cm³/mol. The molecule has 0 bridgehead atoms. The Morgan fingerprint density at radius 3 is 2.23 bits per heavy atom. The molecule has 2 heterocycles. The van der Waals surface area contributed by atoms with E-state index in [1.165, 1.54) is 0 Å². The Morgan fingerprint density at radius 2 is 1.68 bits per heavy atom. The summed E-state index contributed by atoms with van der Waals surface area (Å²) in [6.07, 6.45) is 0. The monoisotopic (exact) mass is 416 g/mol. The Morgan fingerprint density at radius 1 is 1.06 bits per heavy atom. The van der Waals surface area contributed by atoms with Gasteiger partial charge in [0, 0.05) is 17.7 Å². The van der Waals surface area contributed by atoms with Crippen molar-refractivity contribution in [1.29, 1.82) is 0 Å². The van der Waals surface area contributed by atoms with Gasteiger partial charge in [0.05, 0.1) is 29.2 Å². The maximum Gasteiger partial charge on any atom is 0.258 e. The van der Waals surface area contributed by atoms with Gasteiger partial charge >= 0.3 is 0 Å². The van der Waals surface area contributed by atoms with Crippen LogP contribution in [0, 0.1) is 19.3 Å². The van der Waals surface area contributed by atoms with Crippen LogP contribution in [0.1, 0.15) is 58.3 Å². The minimum atomic E-state index is -0.479. The van der Waals surface area contributed by atoms with Gasteiger partial charge in [0.2, 0.25) is 5.91 Å². The zero-order valence-electron chi connectivity index (χ0n) is 18.7. The highest BCUT2D eigenvalue weighted by molar-refractivity contribution is 6.04. The molecule has 31 heavy (non-hydrogen) atoms. The van der Waals surface area contributed by atoms with Crippen LogP contribution in [0.2, 0.25) is 0 Å². The van der Waals surface area contributed by atoms with E-state index in [0.717, 1.165) is 33.8 Å². The van der Waals surface area contributed by atoms with Crippen LogP contribution in [0.5, 0.6) is 0 Å². The lowest BCUT2D eigenvalue weighted by atomic mass is 9.96. The van der Waals surface area contributed by atoms with Crippen LogP contribution in [-0.4, -0.2) is 33.0 Å². The van der Waals surface area contributed by atoms with Crippen molar-refractivity contribution in [2.45, 2.75) is 41.2 Å². The molecular formula is C25H28N4O2. The largest absolute Gasteiger partial charge is 0.366 e. The molecule has 1 aliphatic heterocycles. The first-order chi connectivity index (χ1) is 14.6. The number of carbonyl (C=O) groups is 2. The topological polar surface area (TPSA) is 81.2 Å². The smallest absolute Gasteiger partial charge is 0.258 e. The lowest BCUT2D eigenvalue weighted by molar-refractivity contribution is 0.0718. The number of benzene rings is 2. The third kappa shape index (κ3) is 3.74. The number of aromatic nitrogens is 2. The number of fused-ring (bicyclic) bond motifs is 1. The summed E-state index contributed by atoms with van der Waals surface area (Å²) < 4.78 is 1.89. The number of aryl methyl sites for hydroxylation is 2. The zero-order valence-corrected chi connectivity index (χ0v) is 18.7. The molecular weight excluding hydrogens is 388 g/mol. The highest BCUT2D eigenvalue weighted by atomic mass is 16.2. The van der Waals surface area contributed by atoms with Crippen LogP contribution < -0.4 is 5.73 Å². The predicted octanol–water partition coefficient (Wildman–Crippen LogP) is 4.26. The number of para-hydroxylation sites is 1. The molecule has 0 saturated heterocycles. The molecule has 2 aromatic carbocycles. The van der Waals surface area contributed by atoms with E-state index in [2.05, 4.69) is 20.8 Å². The second kappa shape index (κ2) is 7.38. The lowest BCUT2D eigenvalue weighted by Gasteiger charge is -2.26. The van der Waals surface area contributed by atoms with E-state index in [1.807, 2.05) is 53.8 Å². The number of amides is 2. The molecule has 0 spiro atoms. The van der Waals surface area contributed by atoms with Crippen molar-refractivity contribution in [3.05, 3.63) is 70.4 Å². The van der Waals surface area contributed by atoms with Crippen LogP contribution in [0.15, 0.2) is 42.5 Å². The molecule has 1 aromatic heterocycles. The van der Waals surface area contributed by atoms with Crippen LogP contribution in [0.4, 0.5) is 0 Å². The molecule has 0 saturated carbocycles. The van der Waals surface area contributed by atoms with Gasteiger partial charge in [-0.05, 0) is 42.5 Å². The number of rotatable bonds is 4. The molecule has 6 heteroatoms. The van der Waals surface area contributed by atoms with E-state index in [9.17, 15) is 9.59 Å². The fourth-order valence-electron chi connectivity index (χ4n) is 4.27. The quantitative estimate of drug-likeness (QED) is 0.690. The molecule has 2 amide bonds. The van der Waals surface area contributed by atoms with E-state index in [4.69, 9.17) is 10.8 Å². The fourth-order valence-corrected chi connectivity index (χ4v) is 4.27.